The minimum atomic E-state index is -0.452. The highest BCUT2D eigenvalue weighted by molar-refractivity contribution is 6.37. The monoisotopic (exact) mass is 272 g/mol. The number of carbonyl (C=O) groups excluding carboxylic acids is 1. The molecule has 1 N–H and O–H groups in total. The number of ether oxygens (including phenoxy) is 1. The Hall–Kier alpha value is -2.56. The molecule has 0 atom stereocenters. The number of carbonyl (C=O) groups is 1. The zero-order chi connectivity index (χ0) is 14.2. The average Bonchev–Trinajstić information content (AvgIpc) is 2.97. The molecule has 104 valence electrons. The van der Waals surface area contributed by atoms with Gasteiger partial charge in [-0.1, -0.05) is 18.2 Å². The Labute approximate surface area is 117 Å². The van der Waals surface area contributed by atoms with Crippen molar-refractivity contribution >= 4 is 17.4 Å². The van der Waals surface area contributed by atoms with E-state index in [1.807, 2.05) is 30.3 Å². The van der Waals surface area contributed by atoms with Gasteiger partial charge in [0.15, 0.2) is 5.71 Å². The van der Waals surface area contributed by atoms with Crippen molar-refractivity contribution in [3.05, 3.63) is 54.5 Å². The maximum Gasteiger partial charge on any atom is 0.354 e. The lowest BCUT2D eigenvalue weighted by Gasteiger charge is -2.06. The van der Waals surface area contributed by atoms with Crippen LogP contribution in [0.15, 0.2) is 58.2 Å². The van der Waals surface area contributed by atoms with Crippen LogP contribution in [-0.2, 0) is 16.0 Å². The third kappa shape index (κ3) is 3.98. The second-order valence-electron chi connectivity index (χ2n) is 4.01. The molecular weight excluding hydrogens is 256 g/mol. The van der Waals surface area contributed by atoms with Gasteiger partial charge in [-0.25, -0.2) is 4.79 Å². The molecular formula is C15H16N2O3. The Morgan fingerprint density at radius 3 is 2.70 bits per heavy atom. The van der Waals surface area contributed by atoms with E-state index in [-0.39, 0.29) is 12.1 Å². The predicted octanol–water partition coefficient (Wildman–Crippen LogP) is 2.85. The highest BCUT2D eigenvalue weighted by Crippen LogP contribution is 2.07. The summed E-state index contributed by atoms with van der Waals surface area (Å²) in [4.78, 5) is 11.9. The quantitative estimate of drug-likeness (QED) is 0.499. The Bertz CT molecular complexity index is 562. The molecule has 0 amide bonds. The maximum absolute atomic E-state index is 11.9. The van der Waals surface area contributed by atoms with Gasteiger partial charge in [0, 0.05) is 0 Å². The van der Waals surface area contributed by atoms with Crippen molar-refractivity contribution in [3.63, 3.8) is 0 Å². The second-order valence-corrected chi connectivity index (χ2v) is 4.01. The van der Waals surface area contributed by atoms with Crippen LogP contribution >= 0.6 is 0 Å². The van der Waals surface area contributed by atoms with E-state index in [4.69, 9.17) is 9.15 Å². The summed E-state index contributed by atoms with van der Waals surface area (Å²) in [7, 11) is 0. The van der Waals surface area contributed by atoms with E-state index in [0.717, 1.165) is 5.69 Å². The summed E-state index contributed by atoms with van der Waals surface area (Å²) >= 11 is 0. The first-order chi connectivity index (χ1) is 9.79. The third-order valence-electron chi connectivity index (χ3n) is 2.53. The van der Waals surface area contributed by atoms with Crippen molar-refractivity contribution in [2.45, 2.75) is 13.3 Å². The number of furan rings is 1. The molecule has 0 bridgehead atoms. The molecule has 1 aromatic heterocycles. The molecule has 0 aliphatic carbocycles. The number of esters is 1. The molecule has 0 spiro atoms. The van der Waals surface area contributed by atoms with Crippen LogP contribution < -0.4 is 5.43 Å². The van der Waals surface area contributed by atoms with E-state index >= 15 is 0 Å². The van der Waals surface area contributed by atoms with Crippen LogP contribution in [0.2, 0.25) is 0 Å². The van der Waals surface area contributed by atoms with Crippen LogP contribution in [0.1, 0.15) is 12.7 Å². The van der Waals surface area contributed by atoms with Gasteiger partial charge in [0.25, 0.3) is 0 Å². The van der Waals surface area contributed by atoms with E-state index < -0.39 is 5.97 Å². The van der Waals surface area contributed by atoms with Crippen molar-refractivity contribution in [1.29, 1.82) is 0 Å². The van der Waals surface area contributed by atoms with Gasteiger partial charge in [-0.2, -0.15) is 5.10 Å². The lowest BCUT2D eigenvalue weighted by atomic mass is 10.2. The zero-order valence-electron chi connectivity index (χ0n) is 11.2. The van der Waals surface area contributed by atoms with Crippen LogP contribution in [0.5, 0.6) is 0 Å². The number of anilines is 1. The first kappa shape index (κ1) is 13.9. The molecule has 0 unspecified atom stereocenters. The minimum absolute atomic E-state index is 0.269. The standard InChI is InChI=1S/C15H16N2O3/c1-2-19-15(18)14(11-13-9-6-10-20-13)17-16-12-7-4-3-5-8-12/h3-10,16H,2,11H2,1H3. The van der Waals surface area contributed by atoms with Gasteiger partial charge < -0.3 is 9.15 Å². The van der Waals surface area contributed by atoms with Crippen molar-refractivity contribution in [3.8, 4) is 0 Å². The molecule has 2 rings (SSSR count). The molecule has 0 fully saturated rings. The van der Waals surface area contributed by atoms with Crippen LogP contribution in [0, 0.1) is 0 Å². The molecule has 0 radical (unpaired) electrons. The number of hydrogen-bond acceptors (Lipinski definition) is 5. The summed E-state index contributed by atoms with van der Waals surface area (Å²) in [6.07, 6.45) is 1.84. The maximum atomic E-state index is 11.9. The molecule has 0 saturated heterocycles. The lowest BCUT2D eigenvalue weighted by molar-refractivity contribution is -0.135. The number of para-hydroxylation sites is 1. The van der Waals surface area contributed by atoms with Gasteiger partial charge in [0.2, 0.25) is 0 Å². The van der Waals surface area contributed by atoms with Gasteiger partial charge in [0.05, 0.1) is 25.0 Å². The van der Waals surface area contributed by atoms with E-state index in [1.54, 1.807) is 25.3 Å². The van der Waals surface area contributed by atoms with Crippen LogP contribution in [0.3, 0.4) is 0 Å². The molecule has 1 heterocycles. The number of nitrogens with one attached hydrogen (secondary N) is 1. The Balaban J connectivity index is 2.10. The summed E-state index contributed by atoms with van der Waals surface area (Å²) in [5.74, 6) is 0.207. The molecule has 1 aromatic carbocycles. The van der Waals surface area contributed by atoms with Gasteiger partial charge in [-0.05, 0) is 31.2 Å². The van der Waals surface area contributed by atoms with E-state index in [1.165, 1.54) is 0 Å². The Morgan fingerprint density at radius 1 is 1.25 bits per heavy atom. The molecule has 5 heteroatoms. The highest BCUT2D eigenvalue weighted by atomic mass is 16.5. The summed E-state index contributed by atoms with van der Waals surface area (Å²) in [5, 5.41) is 4.12. The first-order valence-electron chi connectivity index (χ1n) is 6.36. The third-order valence-corrected chi connectivity index (χ3v) is 2.53. The topological polar surface area (TPSA) is 63.8 Å². The summed E-state index contributed by atoms with van der Waals surface area (Å²) in [5.41, 5.74) is 3.91. The molecule has 5 nitrogen and oxygen atoms in total. The largest absolute Gasteiger partial charge is 0.469 e. The average molecular weight is 272 g/mol. The van der Waals surface area contributed by atoms with Crippen LogP contribution in [-0.4, -0.2) is 18.3 Å². The Kier molecular flexibility index (Phi) is 4.94. The number of rotatable bonds is 6. The van der Waals surface area contributed by atoms with E-state index in [9.17, 15) is 4.79 Å². The van der Waals surface area contributed by atoms with Crippen molar-refractivity contribution in [2.24, 2.45) is 5.10 Å². The fraction of sp³-hybridized carbons (Fsp3) is 0.200. The first-order valence-corrected chi connectivity index (χ1v) is 6.36. The van der Waals surface area contributed by atoms with Crippen molar-refractivity contribution in [1.82, 2.24) is 0 Å². The summed E-state index contributed by atoms with van der Waals surface area (Å²) in [6, 6.07) is 12.9. The van der Waals surface area contributed by atoms with Gasteiger partial charge >= 0.3 is 5.97 Å². The number of nitrogens with zero attached hydrogens (tertiary/aromatic N) is 1. The number of hydrogen-bond donors (Lipinski definition) is 1. The van der Waals surface area contributed by atoms with Crippen molar-refractivity contribution in [2.75, 3.05) is 12.0 Å². The van der Waals surface area contributed by atoms with Crippen LogP contribution in [0.4, 0.5) is 5.69 Å². The lowest BCUT2D eigenvalue weighted by Crippen LogP contribution is -2.21. The fourth-order valence-electron chi connectivity index (χ4n) is 1.59. The van der Waals surface area contributed by atoms with E-state index in [0.29, 0.717) is 12.4 Å². The van der Waals surface area contributed by atoms with Gasteiger partial charge in [-0.15, -0.1) is 0 Å². The second kappa shape index (κ2) is 7.13. The molecule has 0 aliphatic rings. The minimum Gasteiger partial charge on any atom is -0.469 e. The van der Waals surface area contributed by atoms with E-state index in [2.05, 4.69) is 10.5 Å². The van der Waals surface area contributed by atoms with Gasteiger partial charge in [-0.3, -0.25) is 5.43 Å². The summed E-state index contributed by atoms with van der Waals surface area (Å²) in [6.45, 7) is 2.06. The zero-order valence-corrected chi connectivity index (χ0v) is 11.2. The molecule has 0 aliphatic heterocycles. The smallest absolute Gasteiger partial charge is 0.354 e. The van der Waals surface area contributed by atoms with Gasteiger partial charge in [0.1, 0.15) is 5.76 Å². The summed E-state index contributed by atoms with van der Waals surface area (Å²) < 4.78 is 10.2. The number of benzene rings is 1. The molecule has 0 saturated carbocycles. The molecule has 20 heavy (non-hydrogen) atoms. The SMILES string of the molecule is CCOC(=O)C(Cc1ccco1)=NNc1ccccc1. The highest BCUT2D eigenvalue weighted by Gasteiger charge is 2.15. The fourth-order valence-corrected chi connectivity index (χ4v) is 1.59. The van der Waals surface area contributed by atoms with Crippen molar-refractivity contribution < 1.29 is 13.9 Å². The molecule has 2 aromatic rings. The van der Waals surface area contributed by atoms with Crippen LogP contribution in [0.25, 0.3) is 0 Å². The Morgan fingerprint density at radius 2 is 2.05 bits per heavy atom. The normalized spacial score (nSPS) is 11.2. The predicted molar refractivity (Wildman–Crippen MR) is 76.5 cm³/mol. The number of hydrazone groups is 1.